The van der Waals surface area contributed by atoms with E-state index < -0.39 is 5.91 Å². The molecule has 0 aliphatic heterocycles. The minimum atomic E-state index is -0.485. The second kappa shape index (κ2) is 11.7. The molecule has 33 heavy (non-hydrogen) atoms. The SMILES string of the molecule is CCCCCC(CC(=O)Nc1ccc(C(N)=O)cc1C(C)(C)C)c1ccc(OC)cc1OC. The van der Waals surface area contributed by atoms with E-state index in [1.54, 1.807) is 32.4 Å². The molecule has 2 rings (SSSR count). The van der Waals surface area contributed by atoms with Gasteiger partial charge >= 0.3 is 0 Å². The number of benzene rings is 2. The molecule has 0 aliphatic rings. The third kappa shape index (κ3) is 7.24. The van der Waals surface area contributed by atoms with Crippen LogP contribution < -0.4 is 20.5 Å². The van der Waals surface area contributed by atoms with Gasteiger partial charge in [-0.25, -0.2) is 0 Å². The van der Waals surface area contributed by atoms with Gasteiger partial charge in [-0.05, 0) is 53.1 Å². The van der Waals surface area contributed by atoms with Crippen LogP contribution in [0.1, 0.15) is 87.2 Å². The minimum absolute atomic E-state index is 0.0142. The number of primary amides is 1. The van der Waals surface area contributed by atoms with Crippen LogP contribution in [0.5, 0.6) is 11.5 Å². The van der Waals surface area contributed by atoms with Gasteiger partial charge in [-0.2, -0.15) is 0 Å². The predicted octanol–water partition coefficient (Wildman–Crippen LogP) is 5.79. The van der Waals surface area contributed by atoms with Crippen LogP contribution in [0.15, 0.2) is 36.4 Å². The van der Waals surface area contributed by atoms with Crippen molar-refractivity contribution in [2.75, 3.05) is 19.5 Å². The van der Waals surface area contributed by atoms with Crippen molar-refractivity contribution in [1.29, 1.82) is 0 Å². The highest BCUT2D eigenvalue weighted by Crippen LogP contribution is 2.36. The monoisotopic (exact) mass is 454 g/mol. The molecule has 2 aromatic rings. The molecule has 3 N–H and O–H groups in total. The standard InChI is InChI=1S/C27H38N2O4/c1-7-8-9-10-18(21-13-12-20(32-5)17-24(21)33-6)16-25(30)29-23-14-11-19(26(28)31)15-22(23)27(2,3)4/h11-15,17-18H,7-10,16H2,1-6H3,(H2,28,31)(H,29,30). The molecule has 0 aromatic heterocycles. The van der Waals surface area contributed by atoms with Gasteiger partial charge in [-0.15, -0.1) is 0 Å². The van der Waals surface area contributed by atoms with Crippen molar-refractivity contribution in [3.05, 3.63) is 53.1 Å². The Morgan fingerprint density at radius 2 is 1.76 bits per heavy atom. The zero-order valence-corrected chi connectivity index (χ0v) is 20.8. The average Bonchev–Trinajstić information content (AvgIpc) is 2.77. The van der Waals surface area contributed by atoms with Gasteiger partial charge in [-0.3, -0.25) is 9.59 Å². The summed E-state index contributed by atoms with van der Waals surface area (Å²) < 4.78 is 10.9. The number of ether oxygens (including phenoxy) is 2. The molecule has 0 saturated heterocycles. The fourth-order valence-corrected chi connectivity index (χ4v) is 4.02. The van der Waals surface area contributed by atoms with Gasteiger partial charge in [0, 0.05) is 23.7 Å². The van der Waals surface area contributed by atoms with Crippen molar-refractivity contribution < 1.29 is 19.1 Å². The van der Waals surface area contributed by atoms with Crippen molar-refractivity contribution in [2.45, 2.75) is 71.1 Å². The van der Waals surface area contributed by atoms with Crippen LogP contribution in [0.3, 0.4) is 0 Å². The number of amides is 2. The van der Waals surface area contributed by atoms with Gasteiger partial charge in [-0.1, -0.05) is 53.0 Å². The van der Waals surface area contributed by atoms with Crippen LogP contribution in [-0.4, -0.2) is 26.0 Å². The molecule has 1 atom stereocenters. The zero-order valence-electron chi connectivity index (χ0n) is 20.8. The lowest BCUT2D eigenvalue weighted by Gasteiger charge is -2.25. The molecule has 0 aliphatic carbocycles. The average molecular weight is 455 g/mol. The Balaban J connectivity index is 2.31. The number of nitrogens with two attached hydrogens (primary N) is 1. The van der Waals surface area contributed by atoms with Crippen LogP contribution in [0, 0.1) is 0 Å². The van der Waals surface area contributed by atoms with Crippen LogP contribution in [0.4, 0.5) is 5.69 Å². The molecule has 0 heterocycles. The minimum Gasteiger partial charge on any atom is -0.497 e. The third-order valence-electron chi connectivity index (χ3n) is 5.85. The Bertz CT molecular complexity index is 963. The number of carbonyl (C=O) groups excluding carboxylic acids is 2. The molecule has 0 saturated carbocycles. The summed E-state index contributed by atoms with van der Waals surface area (Å²) in [6.07, 6.45) is 4.47. The van der Waals surface area contributed by atoms with Crippen LogP contribution >= 0.6 is 0 Å². The number of methoxy groups -OCH3 is 2. The summed E-state index contributed by atoms with van der Waals surface area (Å²) in [5.41, 5.74) is 8.20. The Hall–Kier alpha value is -3.02. The van der Waals surface area contributed by atoms with E-state index >= 15 is 0 Å². The number of hydrogen-bond acceptors (Lipinski definition) is 4. The topological polar surface area (TPSA) is 90.7 Å². The molecular formula is C27H38N2O4. The first-order valence-electron chi connectivity index (χ1n) is 11.6. The third-order valence-corrected chi connectivity index (χ3v) is 5.85. The van der Waals surface area contributed by atoms with E-state index in [0.29, 0.717) is 17.7 Å². The lowest BCUT2D eigenvalue weighted by atomic mass is 9.84. The maximum Gasteiger partial charge on any atom is 0.248 e. The smallest absolute Gasteiger partial charge is 0.248 e. The quantitative estimate of drug-likeness (QED) is 0.420. The van der Waals surface area contributed by atoms with E-state index in [0.717, 1.165) is 48.3 Å². The van der Waals surface area contributed by atoms with Crippen molar-refractivity contribution >= 4 is 17.5 Å². The first-order valence-corrected chi connectivity index (χ1v) is 11.6. The lowest BCUT2D eigenvalue weighted by Crippen LogP contribution is -2.22. The number of unbranched alkanes of at least 4 members (excludes halogenated alkanes) is 2. The Morgan fingerprint density at radius 1 is 1.03 bits per heavy atom. The van der Waals surface area contributed by atoms with Gasteiger partial charge in [0.05, 0.1) is 14.2 Å². The second-order valence-corrected chi connectivity index (χ2v) is 9.43. The van der Waals surface area contributed by atoms with E-state index in [9.17, 15) is 9.59 Å². The maximum absolute atomic E-state index is 13.2. The Labute approximate surface area is 197 Å². The largest absolute Gasteiger partial charge is 0.497 e. The molecule has 6 heteroatoms. The van der Waals surface area contributed by atoms with Crippen LogP contribution in [-0.2, 0) is 10.2 Å². The van der Waals surface area contributed by atoms with Crippen molar-refractivity contribution in [3.8, 4) is 11.5 Å². The Morgan fingerprint density at radius 3 is 2.33 bits per heavy atom. The van der Waals surface area contributed by atoms with E-state index in [-0.39, 0.29) is 17.2 Å². The van der Waals surface area contributed by atoms with Gasteiger partial charge < -0.3 is 20.5 Å². The molecule has 0 bridgehead atoms. The molecule has 1 unspecified atom stereocenters. The molecule has 6 nitrogen and oxygen atoms in total. The molecule has 0 fully saturated rings. The van der Waals surface area contributed by atoms with Gasteiger partial charge in [0.15, 0.2) is 0 Å². The van der Waals surface area contributed by atoms with Gasteiger partial charge in [0.2, 0.25) is 11.8 Å². The predicted molar refractivity (Wildman–Crippen MR) is 133 cm³/mol. The van der Waals surface area contributed by atoms with E-state index in [4.69, 9.17) is 15.2 Å². The number of hydrogen-bond donors (Lipinski definition) is 2. The normalized spacial score (nSPS) is 12.2. The fraction of sp³-hybridized carbons (Fsp3) is 0.481. The van der Waals surface area contributed by atoms with Crippen molar-refractivity contribution in [1.82, 2.24) is 0 Å². The van der Waals surface area contributed by atoms with E-state index in [1.807, 2.05) is 39.0 Å². The first-order chi connectivity index (χ1) is 15.6. The highest BCUT2D eigenvalue weighted by Gasteiger charge is 2.24. The number of nitrogens with one attached hydrogen (secondary N) is 1. The summed E-state index contributed by atoms with van der Waals surface area (Å²) in [5, 5.41) is 3.08. The van der Waals surface area contributed by atoms with Crippen molar-refractivity contribution in [3.63, 3.8) is 0 Å². The summed E-state index contributed by atoms with van der Waals surface area (Å²) in [7, 11) is 3.26. The summed E-state index contributed by atoms with van der Waals surface area (Å²) in [5.74, 6) is 0.898. The maximum atomic E-state index is 13.2. The fourth-order valence-electron chi connectivity index (χ4n) is 4.02. The van der Waals surface area contributed by atoms with Crippen LogP contribution in [0.25, 0.3) is 0 Å². The lowest BCUT2D eigenvalue weighted by molar-refractivity contribution is -0.116. The summed E-state index contributed by atoms with van der Waals surface area (Å²) in [6.45, 7) is 8.29. The highest BCUT2D eigenvalue weighted by atomic mass is 16.5. The second-order valence-electron chi connectivity index (χ2n) is 9.43. The highest BCUT2D eigenvalue weighted by molar-refractivity contribution is 5.96. The van der Waals surface area contributed by atoms with Gasteiger partial charge in [0.25, 0.3) is 0 Å². The Kier molecular flexibility index (Phi) is 9.32. The number of rotatable bonds is 11. The molecule has 0 spiro atoms. The number of carbonyl (C=O) groups is 2. The summed E-state index contributed by atoms with van der Waals surface area (Å²) in [4.78, 5) is 24.8. The summed E-state index contributed by atoms with van der Waals surface area (Å²) in [6, 6.07) is 10.9. The van der Waals surface area contributed by atoms with E-state index in [1.165, 1.54) is 0 Å². The molecule has 2 amide bonds. The van der Waals surface area contributed by atoms with Gasteiger partial charge in [0.1, 0.15) is 11.5 Å². The van der Waals surface area contributed by atoms with Crippen molar-refractivity contribution in [2.24, 2.45) is 5.73 Å². The number of anilines is 1. The first kappa shape index (κ1) is 26.2. The van der Waals surface area contributed by atoms with E-state index in [2.05, 4.69) is 12.2 Å². The molecule has 0 radical (unpaired) electrons. The molecule has 180 valence electrons. The zero-order chi connectivity index (χ0) is 24.6. The van der Waals surface area contributed by atoms with Crippen LogP contribution in [0.2, 0.25) is 0 Å². The molecular weight excluding hydrogens is 416 g/mol. The summed E-state index contributed by atoms with van der Waals surface area (Å²) >= 11 is 0. The molecule has 2 aromatic carbocycles.